The van der Waals surface area contributed by atoms with Gasteiger partial charge in [0.2, 0.25) is 20.0 Å². The van der Waals surface area contributed by atoms with Gasteiger partial charge in [0.1, 0.15) is 4.90 Å². The zero-order valence-corrected chi connectivity index (χ0v) is 18.0. The van der Waals surface area contributed by atoms with Crippen molar-refractivity contribution in [1.82, 2.24) is 8.61 Å². The van der Waals surface area contributed by atoms with Crippen LogP contribution in [-0.2, 0) is 26.5 Å². The van der Waals surface area contributed by atoms with Crippen molar-refractivity contribution in [2.24, 2.45) is 0 Å². The summed E-state index contributed by atoms with van der Waals surface area (Å²) in [6.07, 6.45) is 1.90. The maximum absolute atomic E-state index is 12.9. The minimum Gasteiger partial charge on any atom is -0.207 e. The normalized spacial score (nSPS) is 16.9. The summed E-state index contributed by atoms with van der Waals surface area (Å²) >= 11 is 6.03. The SMILES string of the molecule is CCCc1ccc(S(=O)(=O)N2CCN(S(=O)(=O)c3ccccc3Cl)CC2)cc1. The lowest BCUT2D eigenvalue weighted by atomic mass is 10.1. The molecule has 0 bridgehead atoms. The largest absolute Gasteiger partial charge is 0.244 e. The van der Waals surface area contributed by atoms with Gasteiger partial charge in [0, 0.05) is 26.2 Å². The van der Waals surface area contributed by atoms with Crippen LogP contribution in [0.5, 0.6) is 0 Å². The van der Waals surface area contributed by atoms with Gasteiger partial charge in [-0.05, 0) is 36.2 Å². The minimum absolute atomic E-state index is 0.0412. The Morgan fingerprint density at radius 1 is 0.821 bits per heavy atom. The van der Waals surface area contributed by atoms with Crippen molar-refractivity contribution < 1.29 is 16.8 Å². The van der Waals surface area contributed by atoms with Gasteiger partial charge in [-0.25, -0.2) is 16.8 Å². The zero-order valence-electron chi connectivity index (χ0n) is 15.6. The molecule has 152 valence electrons. The smallest absolute Gasteiger partial charge is 0.207 e. The lowest BCUT2D eigenvalue weighted by Crippen LogP contribution is -2.50. The number of piperazine rings is 1. The van der Waals surface area contributed by atoms with Crippen molar-refractivity contribution in [1.29, 1.82) is 0 Å². The number of halogens is 1. The Balaban J connectivity index is 1.73. The van der Waals surface area contributed by atoms with Crippen molar-refractivity contribution in [3.8, 4) is 0 Å². The van der Waals surface area contributed by atoms with E-state index in [0.29, 0.717) is 0 Å². The molecule has 1 aliphatic rings. The fourth-order valence-electron chi connectivity index (χ4n) is 3.21. The van der Waals surface area contributed by atoms with Gasteiger partial charge in [0.15, 0.2) is 0 Å². The number of nitrogens with zero attached hydrogens (tertiary/aromatic N) is 2. The summed E-state index contributed by atoms with van der Waals surface area (Å²) in [5.41, 5.74) is 1.09. The standard InChI is InChI=1S/C19H23ClN2O4S2/c1-2-5-16-8-10-17(11-9-16)27(23,24)21-12-14-22(15-13-21)28(25,26)19-7-4-3-6-18(19)20/h3-4,6-11H,2,5,12-15H2,1H3. The summed E-state index contributed by atoms with van der Waals surface area (Å²) < 4.78 is 54.0. The molecule has 0 atom stereocenters. The van der Waals surface area contributed by atoms with Crippen LogP contribution in [0.3, 0.4) is 0 Å². The minimum atomic E-state index is -3.76. The van der Waals surface area contributed by atoms with Crippen LogP contribution in [0.15, 0.2) is 58.3 Å². The number of hydrogen-bond acceptors (Lipinski definition) is 4. The third-order valence-electron chi connectivity index (χ3n) is 4.75. The molecule has 6 nitrogen and oxygen atoms in total. The van der Waals surface area contributed by atoms with Crippen LogP contribution in [0.2, 0.25) is 5.02 Å². The predicted molar refractivity (Wildman–Crippen MR) is 109 cm³/mol. The van der Waals surface area contributed by atoms with E-state index in [1.807, 2.05) is 12.1 Å². The predicted octanol–water partition coefficient (Wildman–Crippen LogP) is 2.99. The van der Waals surface area contributed by atoms with E-state index in [1.165, 1.54) is 20.7 Å². The molecule has 3 rings (SSSR count). The number of sulfonamides is 2. The second kappa shape index (κ2) is 8.51. The zero-order chi connectivity index (χ0) is 20.4. The Morgan fingerprint density at radius 3 is 1.89 bits per heavy atom. The fourth-order valence-corrected chi connectivity index (χ4v) is 6.55. The van der Waals surface area contributed by atoms with Crippen LogP contribution >= 0.6 is 11.6 Å². The van der Waals surface area contributed by atoms with E-state index in [-0.39, 0.29) is 41.0 Å². The molecule has 9 heteroatoms. The van der Waals surface area contributed by atoms with E-state index >= 15 is 0 Å². The molecule has 2 aromatic rings. The molecule has 0 unspecified atom stereocenters. The molecule has 0 aliphatic carbocycles. The highest BCUT2D eigenvalue weighted by Crippen LogP contribution is 2.26. The van der Waals surface area contributed by atoms with E-state index in [1.54, 1.807) is 24.3 Å². The van der Waals surface area contributed by atoms with Crippen molar-refractivity contribution in [3.63, 3.8) is 0 Å². The van der Waals surface area contributed by atoms with Gasteiger partial charge in [-0.1, -0.05) is 49.2 Å². The van der Waals surface area contributed by atoms with E-state index in [2.05, 4.69) is 6.92 Å². The van der Waals surface area contributed by atoms with Crippen molar-refractivity contribution in [2.75, 3.05) is 26.2 Å². The quantitative estimate of drug-likeness (QED) is 0.689. The van der Waals surface area contributed by atoms with Crippen LogP contribution < -0.4 is 0 Å². The van der Waals surface area contributed by atoms with Gasteiger partial charge in [0.05, 0.1) is 9.92 Å². The number of aryl methyl sites for hydroxylation is 1. The molecular formula is C19H23ClN2O4S2. The molecule has 0 amide bonds. The summed E-state index contributed by atoms with van der Waals surface area (Å²) in [7, 11) is -7.41. The summed E-state index contributed by atoms with van der Waals surface area (Å²) in [6.45, 7) is 2.44. The molecule has 2 aromatic carbocycles. The van der Waals surface area contributed by atoms with Gasteiger partial charge in [-0.2, -0.15) is 8.61 Å². The first-order valence-corrected chi connectivity index (χ1v) is 12.4. The summed E-state index contributed by atoms with van der Waals surface area (Å²) in [6, 6.07) is 13.2. The average molecular weight is 443 g/mol. The van der Waals surface area contributed by atoms with Crippen molar-refractivity contribution in [3.05, 3.63) is 59.1 Å². The molecule has 28 heavy (non-hydrogen) atoms. The molecular weight excluding hydrogens is 420 g/mol. The van der Waals surface area contributed by atoms with Crippen molar-refractivity contribution >= 4 is 31.6 Å². The Labute approximate surface area is 171 Å². The van der Waals surface area contributed by atoms with E-state index in [0.717, 1.165) is 18.4 Å². The van der Waals surface area contributed by atoms with Gasteiger partial charge in [0.25, 0.3) is 0 Å². The Morgan fingerprint density at radius 2 is 1.36 bits per heavy atom. The second-order valence-electron chi connectivity index (χ2n) is 6.63. The molecule has 0 radical (unpaired) electrons. The van der Waals surface area contributed by atoms with Crippen LogP contribution in [0.25, 0.3) is 0 Å². The first-order valence-electron chi connectivity index (χ1n) is 9.10. The van der Waals surface area contributed by atoms with Crippen LogP contribution in [-0.4, -0.2) is 51.6 Å². The van der Waals surface area contributed by atoms with Crippen molar-refractivity contribution in [2.45, 2.75) is 29.6 Å². The molecule has 0 N–H and O–H groups in total. The highest BCUT2D eigenvalue weighted by atomic mass is 35.5. The molecule has 1 saturated heterocycles. The van der Waals surface area contributed by atoms with Crippen LogP contribution in [0.1, 0.15) is 18.9 Å². The fraction of sp³-hybridized carbons (Fsp3) is 0.368. The maximum atomic E-state index is 12.9. The van der Waals surface area contributed by atoms with Gasteiger partial charge < -0.3 is 0 Å². The third-order valence-corrected chi connectivity index (χ3v) is 9.06. The molecule has 1 fully saturated rings. The Hall–Kier alpha value is -1.45. The van der Waals surface area contributed by atoms with E-state index in [9.17, 15) is 16.8 Å². The van der Waals surface area contributed by atoms with E-state index in [4.69, 9.17) is 11.6 Å². The summed E-state index contributed by atoms with van der Waals surface area (Å²) in [5.74, 6) is 0. The topological polar surface area (TPSA) is 74.8 Å². The third kappa shape index (κ3) is 4.26. The van der Waals surface area contributed by atoms with Crippen LogP contribution in [0, 0.1) is 0 Å². The highest BCUT2D eigenvalue weighted by molar-refractivity contribution is 7.89. The second-order valence-corrected chi connectivity index (χ2v) is 10.9. The Bertz CT molecular complexity index is 1030. The van der Waals surface area contributed by atoms with Gasteiger partial charge >= 0.3 is 0 Å². The molecule has 0 aromatic heterocycles. The van der Waals surface area contributed by atoms with Crippen LogP contribution in [0.4, 0.5) is 0 Å². The van der Waals surface area contributed by atoms with Gasteiger partial charge in [-0.3, -0.25) is 0 Å². The maximum Gasteiger partial charge on any atom is 0.244 e. The summed E-state index contributed by atoms with van der Waals surface area (Å²) in [5, 5.41) is 0.157. The molecule has 1 aliphatic heterocycles. The van der Waals surface area contributed by atoms with Gasteiger partial charge in [-0.15, -0.1) is 0 Å². The average Bonchev–Trinajstić information content (AvgIpc) is 2.69. The number of benzene rings is 2. The molecule has 1 heterocycles. The first-order chi connectivity index (χ1) is 13.3. The highest BCUT2D eigenvalue weighted by Gasteiger charge is 2.34. The lowest BCUT2D eigenvalue weighted by Gasteiger charge is -2.33. The van der Waals surface area contributed by atoms with E-state index < -0.39 is 20.0 Å². The number of rotatable bonds is 6. The summed E-state index contributed by atoms with van der Waals surface area (Å²) in [4.78, 5) is 0.272. The molecule has 0 saturated carbocycles. The molecule has 0 spiro atoms. The monoisotopic (exact) mass is 442 g/mol. The number of hydrogen-bond donors (Lipinski definition) is 0. The Kier molecular flexibility index (Phi) is 6.46. The lowest BCUT2D eigenvalue weighted by molar-refractivity contribution is 0.273. The first kappa shape index (κ1) is 21.3.